The highest BCUT2D eigenvalue weighted by Gasteiger charge is 2.14. The van der Waals surface area contributed by atoms with Gasteiger partial charge in [-0.15, -0.1) is 0 Å². The van der Waals surface area contributed by atoms with Crippen LogP contribution in [0.4, 0.5) is 0 Å². The molecule has 0 unspecified atom stereocenters. The van der Waals surface area contributed by atoms with Crippen molar-refractivity contribution in [2.45, 2.75) is 6.92 Å². The van der Waals surface area contributed by atoms with Crippen LogP contribution in [0.1, 0.15) is 16.1 Å². The third-order valence-electron chi connectivity index (χ3n) is 4.61. The van der Waals surface area contributed by atoms with Crippen LogP contribution in [0.2, 0.25) is 0 Å². The average Bonchev–Trinajstić information content (AvgIpc) is 2.68. The van der Waals surface area contributed by atoms with Crippen molar-refractivity contribution in [2.24, 2.45) is 0 Å². The molecule has 0 saturated carbocycles. The van der Waals surface area contributed by atoms with Gasteiger partial charge in [-0.3, -0.25) is 4.98 Å². The van der Waals surface area contributed by atoms with E-state index in [0.717, 1.165) is 33.3 Å². The zero-order valence-electron chi connectivity index (χ0n) is 14.3. The van der Waals surface area contributed by atoms with Crippen LogP contribution < -0.4 is 0 Å². The third kappa shape index (κ3) is 2.84. The van der Waals surface area contributed by atoms with Gasteiger partial charge in [0, 0.05) is 17.3 Å². The lowest BCUT2D eigenvalue weighted by Crippen LogP contribution is -2.00. The number of carboxylic acids is 1. The van der Waals surface area contributed by atoms with Crippen molar-refractivity contribution in [2.75, 3.05) is 0 Å². The molecule has 26 heavy (non-hydrogen) atoms. The number of nitrogens with zero attached hydrogens (tertiary/aromatic N) is 1. The third-order valence-corrected chi connectivity index (χ3v) is 4.61. The first-order valence-corrected chi connectivity index (χ1v) is 8.42. The van der Waals surface area contributed by atoms with E-state index >= 15 is 0 Å². The predicted octanol–water partition coefficient (Wildman–Crippen LogP) is 5.58. The van der Waals surface area contributed by atoms with E-state index in [0.29, 0.717) is 5.39 Å². The molecule has 1 heterocycles. The number of hydrogen-bond donors (Lipinski definition) is 1. The Hall–Kier alpha value is -3.46. The molecule has 0 aliphatic carbocycles. The van der Waals surface area contributed by atoms with Crippen molar-refractivity contribution in [1.82, 2.24) is 4.98 Å². The number of aromatic carboxylic acids is 1. The van der Waals surface area contributed by atoms with E-state index in [-0.39, 0.29) is 5.56 Å². The van der Waals surface area contributed by atoms with Crippen molar-refractivity contribution in [1.29, 1.82) is 0 Å². The fourth-order valence-corrected chi connectivity index (χ4v) is 3.31. The van der Waals surface area contributed by atoms with E-state index < -0.39 is 5.97 Å². The Morgan fingerprint density at radius 1 is 0.808 bits per heavy atom. The molecule has 3 nitrogen and oxygen atoms in total. The molecular formula is C23H17NO2. The maximum absolute atomic E-state index is 11.8. The SMILES string of the molecule is Cc1nccc2cc(-c3ccc(-c4ccccc4)cc3)cc(C(=O)O)c12. The molecule has 1 N–H and O–H groups in total. The molecule has 4 rings (SSSR count). The van der Waals surface area contributed by atoms with Gasteiger partial charge in [0.25, 0.3) is 0 Å². The van der Waals surface area contributed by atoms with Crippen LogP contribution in [-0.2, 0) is 0 Å². The smallest absolute Gasteiger partial charge is 0.336 e. The molecule has 0 atom stereocenters. The lowest BCUT2D eigenvalue weighted by Gasteiger charge is -2.10. The summed E-state index contributed by atoms with van der Waals surface area (Å²) >= 11 is 0. The summed E-state index contributed by atoms with van der Waals surface area (Å²) < 4.78 is 0. The number of benzene rings is 3. The summed E-state index contributed by atoms with van der Waals surface area (Å²) in [5.41, 5.74) is 5.18. The first-order chi connectivity index (χ1) is 12.6. The van der Waals surface area contributed by atoms with Gasteiger partial charge in [0.2, 0.25) is 0 Å². The summed E-state index contributed by atoms with van der Waals surface area (Å²) in [5.74, 6) is -0.936. The molecule has 1 aromatic heterocycles. The summed E-state index contributed by atoms with van der Waals surface area (Å²) in [6.07, 6.45) is 1.71. The van der Waals surface area contributed by atoms with E-state index in [9.17, 15) is 9.90 Å². The summed E-state index contributed by atoms with van der Waals surface area (Å²) in [7, 11) is 0. The first kappa shape index (κ1) is 16.0. The minimum Gasteiger partial charge on any atom is -0.478 e. The molecule has 0 fully saturated rings. The van der Waals surface area contributed by atoms with Crippen LogP contribution >= 0.6 is 0 Å². The molecule has 0 radical (unpaired) electrons. The normalized spacial score (nSPS) is 10.8. The molecule has 3 heteroatoms. The molecule has 3 aromatic carbocycles. The highest BCUT2D eigenvalue weighted by Crippen LogP contribution is 2.30. The highest BCUT2D eigenvalue weighted by molar-refractivity contribution is 6.06. The molecule has 0 saturated heterocycles. The number of carbonyl (C=O) groups is 1. The van der Waals surface area contributed by atoms with Crippen LogP contribution in [0.15, 0.2) is 79.0 Å². The van der Waals surface area contributed by atoms with Crippen LogP contribution in [0.5, 0.6) is 0 Å². The molecule has 0 aliphatic rings. The highest BCUT2D eigenvalue weighted by atomic mass is 16.4. The lowest BCUT2D eigenvalue weighted by molar-refractivity contribution is 0.0699. The van der Waals surface area contributed by atoms with Gasteiger partial charge in [-0.05, 0) is 52.8 Å². The fourth-order valence-electron chi connectivity index (χ4n) is 3.31. The molecule has 126 valence electrons. The Morgan fingerprint density at radius 2 is 1.42 bits per heavy atom. The van der Waals surface area contributed by atoms with Crippen molar-refractivity contribution >= 4 is 16.7 Å². The predicted molar refractivity (Wildman–Crippen MR) is 104 cm³/mol. The molecule has 0 bridgehead atoms. The van der Waals surface area contributed by atoms with E-state index in [4.69, 9.17) is 0 Å². The van der Waals surface area contributed by atoms with Gasteiger partial charge in [-0.25, -0.2) is 4.79 Å². The maximum Gasteiger partial charge on any atom is 0.336 e. The molecule has 0 amide bonds. The minimum absolute atomic E-state index is 0.287. The largest absolute Gasteiger partial charge is 0.478 e. The summed E-state index contributed by atoms with van der Waals surface area (Å²) in [6.45, 7) is 1.84. The molecule has 4 aromatic rings. The van der Waals surface area contributed by atoms with Gasteiger partial charge in [-0.2, -0.15) is 0 Å². The number of pyridine rings is 1. The average molecular weight is 339 g/mol. The van der Waals surface area contributed by atoms with Gasteiger partial charge in [0.1, 0.15) is 0 Å². The Balaban J connectivity index is 1.83. The fraction of sp³-hybridized carbons (Fsp3) is 0.0435. The second-order valence-electron chi connectivity index (χ2n) is 6.27. The second-order valence-corrected chi connectivity index (χ2v) is 6.27. The van der Waals surface area contributed by atoms with Gasteiger partial charge in [0.05, 0.1) is 5.56 Å². The number of rotatable bonds is 3. The minimum atomic E-state index is -0.936. The second kappa shape index (κ2) is 6.45. The van der Waals surface area contributed by atoms with E-state index in [2.05, 4.69) is 29.2 Å². The Labute approximate surface area is 151 Å². The number of aromatic nitrogens is 1. The van der Waals surface area contributed by atoms with Gasteiger partial charge >= 0.3 is 5.97 Å². The monoisotopic (exact) mass is 339 g/mol. The Morgan fingerprint density at radius 3 is 2.08 bits per heavy atom. The quantitative estimate of drug-likeness (QED) is 0.530. The van der Waals surface area contributed by atoms with Crippen molar-refractivity contribution < 1.29 is 9.90 Å². The number of carboxylic acid groups (broad SMARTS) is 1. The zero-order chi connectivity index (χ0) is 18.1. The van der Waals surface area contributed by atoms with Crippen LogP contribution in [0.3, 0.4) is 0 Å². The van der Waals surface area contributed by atoms with Crippen molar-refractivity contribution in [3.05, 3.63) is 90.3 Å². The first-order valence-electron chi connectivity index (χ1n) is 8.42. The van der Waals surface area contributed by atoms with E-state index in [1.54, 1.807) is 12.3 Å². The summed E-state index contributed by atoms with van der Waals surface area (Å²) in [4.78, 5) is 16.0. The number of fused-ring (bicyclic) bond motifs is 1. The maximum atomic E-state index is 11.8. The van der Waals surface area contributed by atoms with E-state index in [1.807, 2.05) is 49.4 Å². The molecule has 0 spiro atoms. The van der Waals surface area contributed by atoms with Crippen molar-refractivity contribution in [3.63, 3.8) is 0 Å². The summed E-state index contributed by atoms with van der Waals surface area (Å²) in [6, 6.07) is 24.0. The Kier molecular flexibility index (Phi) is 3.98. The van der Waals surface area contributed by atoms with Gasteiger partial charge < -0.3 is 5.11 Å². The van der Waals surface area contributed by atoms with Crippen LogP contribution in [0, 0.1) is 6.92 Å². The summed E-state index contributed by atoms with van der Waals surface area (Å²) in [5, 5.41) is 11.2. The van der Waals surface area contributed by atoms with Gasteiger partial charge in [-0.1, -0.05) is 54.6 Å². The zero-order valence-corrected chi connectivity index (χ0v) is 14.3. The standard InChI is InChI=1S/C23H17NO2/c1-15-22-19(11-12-24-15)13-20(14-21(22)23(25)26)18-9-7-17(8-10-18)16-5-3-2-4-6-16/h2-14H,1H3,(H,25,26). The van der Waals surface area contributed by atoms with Crippen LogP contribution in [-0.4, -0.2) is 16.1 Å². The van der Waals surface area contributed by atoms with Gasteiger partial charge in [0.15, 0.2) is 0 Å². The topological polar surface area (TPSA) is 50.2 Å². The van der Waals surface area contributed by atoms with Crippen LogP contribution in [0.25, 0.3) is 33.0 Å². The van der Waals surface area contributed by atoms with Crippen molar-refractivity contribution in [3.8, 4) is 22.3 Å². The lowest BCUT2D eigenvalue weighted by atomic mass is 9.95. The number of hydrogen-bond acceptors (Lipinski definition) is 2. The Bertz CT molecular complexity index is 1100. The number of aryl methyl sites for hydroxylation is 1. The molecule has 0 aliphatic heterocycles. The molecular weight excluding hydrogens is 322 g/mol. The van der Waals surface area contributed by atoms with E-state index in [1.165, 1.54) is 0 Å².